The topological polar surface area (TPSA) is 54.0 Å². The summed E-state index contributed by atoms with van der Waals surface area (Å²) < 4.78 is 12.9. The molecule has 0 aliphatic rings. The molecule has 23 heavy (non-hydrogen) atoms. The molecular formula is C16H11ClFN3OS. The van der Waals surface area contributed by atoms with Crippen molar-refractivity contribution < 1.29 is 9.18 Å². The summed E-state index contributed by atoms with van der Waals surface area (Å²) >= 11 is 7.12. The van der Waals surface area contributed by atoms with E-state index in [0.717, 1.165) is 5.56 Å². The van der Waals surface area contributed by atoms with E-state index in [4.69, 9.17) is 11.6 Å². The Morgan fingerprint density at radius 2 is 1.78 bits per heavy atom. The van der Waals surface area contributed by atoms with Crippen LogP contribution in [0.5, 0.6) is 0 Å². The smallest absolute Gasteiger partial charge is 0.269 e. The molecule has 7 heteroatoms. The fourth-order valence-corrected chi connectivity index (χ4v) is 2.67. The molecule has 116 valence electrons. The van der Waals surface area contributed by atoms with Crippen LogP contribution < -0.4 is 10.9 Å². The molecule has 0 saturated carbocycles. The molecule has 3 rings (SSSR count). The number of hydrogen-bond acceptors (Lipinski definition) is 4. The molecule has 1 heterocycles. The minimum atomic E-state index is -0.294. The van der Waals surface area contributed by atoms with E-state index < -0.39 is 0 Å². The monoisotopic (exact) mass is 347 g/mol. The number of hydrogen-bond donors (Lipinski definition) is 2. The van der Waals surface area contributed by atoms with Gasteiger partial charge in [-0.15, -0.1) is 11.3 Å². The normalized spacial score (nSPS) is 10.3. The van der Waals surface area contributed by atoms with Crippen LogP contribution in [0.3, 0.4) is 0 Å². The molecule has 3 aromatic rings. The quantitative estimate of drug-likeness (QED) is 0.689. The molecule has 1 aromatic heterocycles. The lowest BCUT2D eigenvalue weighted by Crippen LogP contribution is -2.29. The average Bonchev–Trinajstić information content (AvgIpc) is 3.03. The van der Waals surface area contributed by atoms with Gasteiger partial charge in [-0.2, -0.15) is 0 Å². The Bertz CT molecular complexity index is 818. The van der Waals surface area contributed by atoms with Gasteiger partial charge in [0.2, 0.25) is 5.13 Å². The molecule has 2 aromatic carbocycles. The summed E-state index contributed by atoms with van der Waals surface area (Å²) in [5.74, 6) is -0.585. The summed E-state index contributed by atoms with van der Waals surface area (Å²) in [7, 11) is 0. The van der Waals surface area contributed by atoms with Crippen LogP contribution in [0.25, 0.3) is 11.3 Å². The van der Waals surface area contributed by atoms with Crippen molar-refractivity contribution in [3.05, 3.63) is 70.3 Å². The predicted molar refractivity (Wildman–Crippen MR) is 90.0 cm³/mol. The number of carbonyl (C=O) groups excluding carboxylic acids is 1. The average molecular weight is 348 g/mol. The van der Waals surface area contributed by atoms with Gasteiger partial charge < -0.3 is 0 Å². The van der Waals surface area contributed by atoms with E-state index in [-0.39, 0.29) is 11.7 Å². The van der Waals surface area contributed by atoms with Gasteiger partial charge in [0.1, 0.15) is 5.82 Å². The van der Waals surface area contributed by atoms with Crippen LogP contribution in [-0.4, -0.2) is 10.9 Å². The Hall–Kier alpha value is -2.44. The van der Waals surface area contributed by atoms with Gasteiger partial charge in [-0.05, 0) is 48.5 Å². The molecule has 4 nitrogen and oxygen atoms in total. The fourth-order valence-electron chi connectivity index (χ4n) is 1.87. The summed E-state index contributed by atoms with van der Waals surface area (Å²) in [4.78, 5) is 16.3. The number of amides is 1. The van der Waals surface area contributed by atoms with E-state index in [9.17, 15) is 9.18 Å². The van der Waals surface area contributed by atoms with E-state index in [1.54, 1.807) is 36.4 Å². The number of nitrogens with one attached hydrogen (secondary N) is 2. The highest BCUT2D eigenvalue weighted by Gasteiger charge is 2.07. The van der Waals surface area contributed by atoms with Crippen LogP contribution in [0, 0.1) is 5.82 Å². The number of anilines is 1. The number of benzene rings is 2. The molecular weight excluding hydrogens is 337 g/mol. The van der Waals surface area contributed by atoms with Crippen LogP contribution in [0.2, 0.25) is 5.02 Å². The largest absolute Gasteiger partial charge is 0.273 e. The molecule has 0 bridgehead atoms. The highest BCUT2D eigenvalue weighted by molar-refractivity contribution is 7.14. The first kappa shape index (κ1) is 15.5. The SMILES string of the molecule is O=C(NNc1nc(-c2ccc(F)cc2)cs1)c1ccc(Cl)cc1. The van der Waals surface area contributed by atoms with Crippen molar-refractivity contribution in [3.8, 4) is 11.3 Å². The second-order valence-corrected chi connectivity index (χ2v) is 5.93. The second kappa shape index (κ2) is 6.76. The number of carbonyl (C=O) groups is 1. The lowest BCUT2D eigenvalue weighted by Gasteiger charge is -2.05. The molecule has 0 radical (unpaired) electrons. The van der Waals surface area contributed by atoms with Crippen LogP contribution in [0.15, 0.2) is 53.9 Å². The third-order valence-electron chi connectivity index (χ3n) is 3.03. The maximum Gasteiger partial charge on any atom is 0.269 e. The number of hydrazine groups is 1. The zero-order chi connectivity index (χ0) is 16.2. The third kappa shape index (κ3) is 3.85. The van der Waals surface area contributed by atoms with E-state index >= 15 is 0 Å². The minimum absolute atomic E-state index is 0.291. The van der Waals surface area contributed by atoms with Crippen LogP contribution in [0.4, 0.5) is 9.52 Å². The van der Waals surface area contributed by atoms with Gasteiger partial charge in [-0.25, -0.2) is 9.37 Å². The molecule has 0 spiro atoms. The highest BCUT2D eigenvalue weighted by Crippen LogP contribution is 2.24. The van der Waals surface area contributed by atoms with Crippen molar-refractivity contribution in [2.45, 2.75) is 0 Å². The fraction of sp³-hybridized carbons (Fsp3) is 0. The van der Waals surface area contributed by atoms with Crippen molar-refractivity contribution in [1.29, 1.82) is 0 Å². The number of halogens is 2. The van der Waals surface area contributed by atoms with E-state index in [1.165, 1.54) is 23.5 Å². The van der Waals surface area contributed by atoms with Crippen LogP contribution >= 0.6 is 22.9 Å². The number of thiazole rings is 1. The first-order valence-electron chi connectivity index (χ1n) is 6.65. The summed E-state index contributed by atoms with van der Waals surface area (Å²) in [5, 5.41) is 2.93. The maximum atomic E-state index is 12.9. The molecule has 0 aliphatic carbocycles. The molecule has 0 aliphatic heterocycles. The van der Waals surface area contributed by atoms with Gasteiger partial charge in [0.05, 0.1) is 5.69 Å². The molecule has 0 saturated heterocycles. The maximum absolute atomic E-state index is 12.9. The highest BCUT2D eigenvalue weighted by atomic mass is 35.5. The zero-order valence-electron chi connectivity index (χ0n) is 11.7. The summed E-state index contributed by atoms with van der Waals surface area (Å²) in [6.45, 7) is 0. The van der Waals surface area contributed by atoms with Crippen LogP contribution in [-0.2, 0) is 0 Å². The lowest BCUT2D eigenvalue weighted by molar-refractivity contribution is 0.0962. The number of rotatable bonds is 4. The number of aromatic nitrogens is 1. The molecule has 2 N–H and O–H groups in total. The van der Waals surface area contributed by atoms with Crippen molar-refractivity contribution in [1.82, 2.24) is 10.4 Å². The Morgan fingerprint density at radius 1 is 1.09 bits per heavy atom. The Labute approximate surface area is 140 Å². The molecule has 0 fully saturated rings. The second-order valence-electron chi connectivity index (χ2n) is 4.63. The van der Waals surface area contributed by atoms with Gasteiger partial charge in [-0.3, -0.25) is 15.6 Å². The first-order chi connectivity index (χ1) is 11.1. The summed E-state index contributed by atoms with van der Waals surface area (Å²) in [5.41, 5.74) is 7.32. The zero-order valence-corrected chi connectivity index (χ0v) is 13.3. The summed E-state index contributed by atoms with van der Waals surface area (Å²) in [6.07, 6.45) is 0. The van der Waals surface area contributed by atoms with Crippen molar-refractivity contribution in [3.63, 3.8) is 0 Å². The van der Waals surface area contributed by atoms with E-state index in [1.807, 2.05) is 5.38 Å². The van der Waals surface area contributed by atoms with Crippen LogP contribution in [0.1, 0.15) is 10.4 Å². The lowest BCUT2D eigenvalue weighted by atomic mass is 10.2. The van der Waals surface area contributed by atoms with Crippen molar-refractivity contribution >= 4 is 34.0 Å². The van der Waals surface area contributed by atoms with E-state index in [0.29, 0.717) is 21.4 Å². The van der Waals surface area contributed by atoms with Crippen molar-refractivity contribution in [2.24, 2.45) is 0 Å². The van der Waals surface area contributed by atoms with Gasteiger partial charge in [0.25, 0.3) is 5.91 Å². The predicted octanol–water partition coefficient (Wildman–Crippen LogP) is 4.36. The Balaban J connectivity index is 1.64. The first-order valence-corrected chi connectivity index (χ1v) is 7.91. The standard InChI is InChI=1S/C16H11ClFN3OS/c17-12-5-1-11(2-6-12)15(22)20-21-16-19-14(9-23-16)10-3-7-13(18)8-4-10/h1-9H,(H,19,21)(H,20,22). The Morgan fingerprint density at radius 3 is 2.48 bits per heavy atom. The summed E-state index contributed by atoms with van der Waals surface area (Å²) in [6, 6.07) is 12.6. The van der Waals surface area contributed by atoms with Gasteiger partial charge in [-0.1, -0.05) is 11.6 Å². The molecule has 0 atom stereocenters. The minimum Gasteiger partial charge on any atom is -0.273 e. The Kier molecular flexibility index (Phi) is 4.55. The van der Waals surface area contributed by atoms with E-state index in [2.05, 4.69) is 15.8 Å². The van der Waals surface area contributed by atoms with Gasteiger partial charge in [0, 0.05) is 21.5 Å². The number of nitrogens with zero attached hydrogens (tertiary/aromatic N) is 1. The molecule has 1 amide bonds. The van der Waals surface area contributed by atoms with Crippen molar-refractivity contribution in [2.75, 3.05) is 5.43 Å². The molecule has 0 unspecified atom stereocenters. The third-order valence-corrected chi connectivity index (χ3v) is 4.04. The van der Waals surface area contributed by atoms with Gasteiger partial charge >= 0.3 is 0 Å². The van der Waals surface area contributed by atoms with Gasteiger partial charge in [0.15, 0.2) is 0 Å².